The summed E-state index contributed by atoms with van der Waals surface area (Å²) in [6, 6.07) is 17.6. The highest BCUT2D eigenvalue weighted by Gasteiger charge is 2.18. The van der Waals surface area contributed by atoms with Gasteiger partial charge in [0.05, 0.1) is 21.9 Å². The Balaban J connectivity index is 1.90. The van der Waals surface area contributed by atoms with Gasteiger partial charge >= 0.3 is 0 Å². The zero-order valence-corrected chi connectivity index (χ0v) is 20.9. The second-order valence-corrected chi connectivity index (χ2v) is 9.42. The van der Waals surface area contributed by atoms with Gasteiger partial charge in [-0.15, -0.1) is 0 Å². The van der Waals surface area contributed by atoms with E-state index in [2.05, 4.69) is 35.4 Å². The third-order valence-electron chi connectivity index (χ3n) is 7.06. The highest BCUT2D eigenvalue weighted by Crippen LogP contribution is 2.25. The maximum absolute atomic E-state index is 13.7. The van der Waals surface area contributed by atoms with Crippen LogP contribution in [0.3, 0.4) is 0 Å². The van der Waals surface area contributed by atoms with Crippen LogP contribution in [0.2, 0.25) is 0 Å². The average Bonchev–Trinajstić information content (AvgIpc) is 2.89. The summed E-state index contributed by atoms with van der Waals surface area (Å²) in [6.45, 7) is 8.27. The minimum atomic E-state index is 0.00181. The molecule has 0 aliphatic carbocycles. The summed E-state index contributed by atoms with van der Waals surface area (Å²) in [6.07, 6.45) is 5.18. The monoisotopic (exact) mass is 467 g/mol. The molecule has 0 atom stereocenters. The maximum atomic E-state index is 13.7. The Morgan fingerprint density at radius 2 is 1.40 bits per heavy atom. The zero-order chi connectivity index (χ0) is 24.5. The minimum absolute atomic E-state index is 0.00181. The summed E-state index contributed by atoms with van der Waals surface area (Å²) >= 11 is 0. The largest absolute Gasteiger partial charge is 0.354 e. The molecule has 5 heteroatoms. The average molecular weight is 468 g/mol. The van der Waals surface area contributed by atoms with Crippen molar-refractivity contribution in [1.29, 1.82) is 0 Å². The molecule has 1 N–H and O–H groups in total. The Labute approximate surface area is 205 Å². The lowest BCUT2D eigenvalue weighted by Gasteiger charge is -2.30. The van der Waals surface area contributed by atoms with Gasteiger partial charge in [0.1, 0.15) is 0 Å². The summed E-state index contributed by atoms with van der Waals surface area (Å²) in [5.74, 6) is 0. The summed E-state index contributed by atoms with van der Waals surface area (Å²) in [4.78, 5) is 30.7. The van der Waals surface area contributed by atoms with Gasteiger partial charge < -0.3 is 9.99 Å². The fourth-order valence-electron chi connectivity index (χ4n) is 5.06. The lowest BCUT2D eigenvalue weighted by atomic mass is 10.0. The number of nitrogens with one attached hydrogen (secondary N) is 1. The van der Waals surface area contributed by atoms with Crippen molar-refractivity contribution in [1.82, 2.24) is 9.66 Å². The first-order valence-electron chi connectivity index (χ1n) is 12.9. The van der Waals surface area contributed by atoms with E-state index in [1.54, 1.807) is 0 Å². The molecule has 0 radical (unpaired) electrons. The number of benzene rings is 3. The smallest absolute Gasteiger partial charge is 0.197 e. The number of rotatable bonds is 8. The van der Waals surface area contributed by atoms with Gasteiger partial charge in [-0.2, -0.15) is 0 Å². The van der Waals surface area contributed by atoms with Crippen LogP contribution in [0.15, 0.2) is 64.2 Å². The highest BCUT2D eigenvalue weighted by atomic mass is 16.1. The Morgan fingerprint density at radius 1 is 0.714 bits per heavy atom. The van der Waals surface area contributed by atoms with Gasteiger partial charge in [-0.25, -0.2) is 0 Å². The molecule has 0 fully saturated rings. The van der Waals surface area contributed by atoms with Crippen molar-refractivity contribution < 1.29 is 0 Å². The van der Waals surface area contributed by atoms with Gasteiger partial charge in [0.15, 0.2) is 10.9 Å². The van der Waals surface area contributed by atoms with Crippen molar-refractivity contribution in [2.24, 2.45) is 0 Å². The predicted molar refractivity (Wildman–Crippen MR) is 148 cm³/mol. The number of nitrogens with zero attached hydrogens (tertiary/aromatic N) is 2. The van der Waals surface area contributed by atoms with E-state index in [4.69, 9.17) is 0 Å². The van der Waals surface area contributed by atoms with E-state index >= 15 is 0 Å². The van der Waals surface area contributed by atoms with Crippen LogP contribution >= 0.6 is 0 Å². The molecule has 0 aliphatic rings. The van der Waals surface area contributed by atoms with Gasteiger partial charge in [-0.1, -0.05) is 51.8 Å². The standard InChI is InChI=1S/C30H33N3O2/c1-4-7-15-32(16-8-5-2)33-27-12-10-9-11-21(27)29(34)24-18-26-23(19-28(24)33)30(35)22-17-20(6-3)13-14-25(22)31-26/h9-14,17-19H,4-8,15-16H2,1-3H3,(H,31,35). The number of hydrogen-bond acceptors (Lipinski definition) is 3. The molecule has 0 amide bonds. The molecule has 0 bridgehead atoms. The fraction of sp³-hybridized carbons (Fsp3) is 0.333. The SMILES string of the molecule is CCCCN(CCCC)n1c2ccccc2c(=O)c2cc3[nH]c4ccc(CC)cc4c(=O)c3cc21. The van der Waals surface area contributed by atoms with Crippen molar-refractivity contribution in [3.63, 3.8) is 0 Å². The molecule has 0 spiro atoms. The van der Waals surface area contributed by atoms with Crippen LogP contribution in [0, 0.1) is 0 Å². The topological polar surface area (TPSA) is 58.1 Å². The quantitative estimate of drug-likeness (QED) is 0.274. The molecule has 3 aromatic carbocycles. The van der Waals surface area contributed by atoms with Crippen LogP contribution < -0.4 is 15.9 Å². The van der Waals surface area contributed by atoms with Crippen molar-refractivity contribution in [2.45, 2.75) is 52.9 Å². The molecule has 5 rings (SSSR count). The Hall–Kier alpha value is -3.60. The van der Waals surface area contributed by atoms with Gasteiger partial charge in [-0.3, -0.25) is 14.3 Å². The van der Waals surface area contributed by atoms with Crippen LogP contribution in [0.4, 0.5) is 0 Å². The third kappa shape index (κ3) is 3.99. The van der Waals surface area contributed by atoms with Crippen LogP contribution in [-0.4, -0.2) is 22.7 Å². The second-order valence-electron chi connectivity index (χ2n) is 9.42. The molecule has 0 aliphatic heterocycles. The van der Waals surface area contributed by atoms with Gasteiger partial charge in [0.25, 0.3) is 0 Å². The van der Waals surface area contributed by atoms with Crippen LogP contribution in [0.25, 0.3) is 43.6 Å². The van der Waals surface area contributed by atoms with E-state index in [9.17, 15) is 9.59 Å². The zero-order valence-electron chi connectivity index (χ0n) is 20.9. The summed E-state index contributed by atoms with van der Waals surface area (Å²) in [7, 11) is 0. The minimum Gasteiger partial charge on any atom is -0.354 e. The molecule has 180 valence electrons. The van der Waals surface area contributed by atoms with Crippen molar-refractivity contribution in [3.05, 3.63) is 80.6 Å². The predicted octanol–water partition coefficient (Wildman–Crippen LogP) is 6.25. The van der Waals surface area contributed by atoms with Gasteiger partial charge in [0.2, 0.25) is 0 Å². The molecule has 0 saturated heterocycles. The molecule has 5 aromatic rings. The number of aromatic nitrogens is 2. The second kappa shape index (κ2) is 9.57. The first-order chi connectivity index (χ1) is 17.1. The molecule has 2 heterocycles. The van der Waals surface area contributed by atoms with E-state index in [-0.39, 0.29) is 10.9 Å². The lowest BCUT2D eigenvalue weighted by Crippen LogP contribution is -2.38. The van der Waals surface area contributed by atoms with Crippen LogP contribution in [0.5, 0.6) is 0 Å². The van der Waals surface area contributed by atoms with E-state index in [0.29, 0.717) is 27.1 Å². The lowest BCUT2D eigenvalue weighted by molar-refractivity contribution is 0.564. The number of aromatic amines is 1. The number of unbranched alkanes of at least 4 members (excludes halogenated alkanes) is 2. The van der Waals surface area contributed by atoms with Gasteiger partial charge in [-0.05, 0) is 61.2 Å². The van der Waals surface area contributed by atoms with E-state index in [0.717, 1.165) is 67.3 Å². The van der Waals surface area contributed by atoms with Crippen molar-refractivity contribution in [2.75, 3.05) is 18.1 Å². The maximum Gasteiger partial charge on any atom is 0.197 e. The number of hydrogen-bond donors (Lipinski definition) is 1. The van der Waals surface area contributed by atoms with Crippen LogP contribution in [-0.2, 0) is 6.42 Å². The van der Waals surface area contributed by atoms with E-state index < -0.39 is 0 Å². The fourth-order valence-corrected chi connectivity index (χ4v) is 5.06. The Bertz CT molecular complexity index is 1650. The molecular weight excluding hydrogens is 434 g/mol. The molecule has 0 unspecified atom stereocenters. The first-order valence-corrected chi connectivity index (χ1v) is 12.9. The normalized spacial score (nSPS) is 11.7. The molecule has 0 saturated carbocycles. The summed E-state index contributed by atoms with van der Waals surface area (Å²) < 4.78 is 2.20. The first kappa shape index (κ1) is 23.2. The Kier molecular flexibility index (Phi) is 6.33. The Morgan fingerprint density at radius 3 is 2.11 bits per heavy atom. The molecule has 35 heavy (non-hydrogen) atoms. The number of H-pyrrole nitrogens is 1. The molecular formula is C30H33N3O2. The van der Waals surface area contributed by atoms with E-state index in [1.165, 1.54) is 0 Å². The van der Waals surface area contributed by atoms with Crippen LogP contribution in [0.1, 0.15) is 52.0 Å². The highest BCUT2D eigenvalue weighted by molar-refractivity contribution is 6.03. The van der Waals surface area contributed by atoms with E-state index in [1.807, 2.05) is 54.6 Å². The number of aryl methyl sites for hydroxylation is 1. The number of pyridine rings is 2. The number of para-hydroxylation sites is 1. The summed E-state index contributed by atoms with van der Waals surface area (Å²) in [5.41, 5.74) is 4.33. The van der Waals surface area contributed by atoms with Crippen molar-refractivity contribution >= 4 is 43.6 Å². The summed E-state index contributed by atoms with van der Waals surface area (Å²) in [5, 5.41) is 5.00. The molecule has 5 nitrogen and oxygen atoms in total. The number of fused-ring (bicyclic) bond motifs is 4. The van der Waals surface area contributed by atoms with Gasteiger partial charge in [0, 0.05) is 34.8 Å². The van der Waals surface area contributed by atoms with Crippen molar-refractivity contribution in [3.8, 4) is 0 Å². The molecule has 2 aromatic heterocycles. The third-order valence-corrected chi connectivity index (χ3v) is 7.06.